The second kappa shape index (κ2) is 6.35. The average molecular weight is 225 g/mol. The van der Waals surface area contributed by atoms with E-state index in [9.17, 15) is 0 Å². The summed E-state index contributed by atoms with van der Waals surface area (Å²) >= 11 is 0. The quantitative estimate of drug-likeness (QED) is 0.801. The Balaban J connectivity index is 2.85. The average Bonchev–Trinajstić information content (AvgIpc) is 2.35. The van der Waals surface area contributed by atoms with Crippen LogP contribution in [0.2, 0.25) is 0 Å². The standard InChI is InChI=1S/C12H19NO3/c1-4-16-8-12(13)9-5-10(14-2)7-11(6-9)15-3/h5-7,12H,4,8,13H2,1-3H3. The van der Waals surface area contributed by atoms with E-state index in [1.807, 2.05) is 25.1 Å². The predicted octanol–water partition coefficient (Wildman–Crippen LogP) is 1.74. The SMILES string of the molecule is CCOCC(N)c1cc(OC)cc(OC)c1. The molecular formula is C12H19NO3. The van der Waals surface area contributed by atoms with Crippen molar-refractivity contribution in [1.29, 1.82) is 0 Å². The summed E-state index contributed by atoms with van der Waals surface area (Å²) in [7, 11) is 3.24. The maximum absolute atomic E-state index is 5.99. The Hall–Kier alpha value is -1.26. The first-order valence-electron chi connectivity index (χ1n) is 5.27. The van der Waals surface area contributed by atoms with Gasteiger partial charge in [-0.05, 0) is 24.6 Å². The number of hydrogen-bond donors (Lipinski definition) is 1. The fraction of sp³-hybridized carbons (Fsp3) is 0.500. The molecule has 16 heavy (non-hydrogen) atoms. The maximum atomic E-state index is 5.99. The lowest BCUT2D eigenvalue weighted by molar-refractivity contribution is 0.133. The number of hydrogen-bond acceptors (Lipinski definition) is 4. The minimum Gasteiger partial charge on any atom is -0.497 e. The summed E-state index contributed by atoms with van der Waals surface area (Å²) in [6.45, 7) is 3.10. The summed E-state index contributed by atoms with van der Waals surface area (Å²) in [5.74, 6) is 1.47. The summed E-state index contributed by atoms with van der Waals surface area (Å²) < 4.78 is 15.6. The van der Waals surface area contributed by atoms with Gasteiger partial charge in [-0.1, -0.05) is 0 Å². The molecule has 4 heteroatoms. The fourth-order valence-corrected chi connectivity index (χ4v) is 1.38. The van der Waals surface area contributed by atoms with Crippen molar-refractivity contribution in [3.63, 3.8) is 0 Å². The van der Waals surface area contributed by atoms with Gasteiger partial charge in [-0.25, -0.2) is 0 Å². The van der Waals surface area contributed by atoms with E-state index in [4.69, 9.17) is 19.9 Å². The molecule has 0 bridgehead atoms. The lowest BCUT2D eigenvalue weighted by Gasteiger charge is -2.14. The van der Waals surface area contributed by atoms with Crippen molar-refractivity contribution in [1.82, 2.24) is 0 Å². The highest BCUT2D eigenvalue weighted by Gasteiger charge is 2.09. The molecule has 1 aromatic carbocycles. The summed E-state index contributed by atoms with van der Waals surface area (Å²) in [5, 5.41) is 0. The van der Waals surface area contributed by atoms with Crippen LogP contribution in [0.4, 0.5) is 0 Å². The van der Waals surface area contributed by atoms with Gasteiger partial charge in [-0.2, -0.15) is 0 Å². The second-order valence-corrected chi connectivity index (χ2v) is 3.41. The van der Waals surface area contributed by atoms with Crippen molar-refractivity contribution in [3.05, 3.63) is 23.8 Å². The summed E-state index contributed by atoms with van der Waals surface area (Å²) in [4.78, 5) is 0. The third-order valence-electron chi connectivity index (χ3n) is 2.30. The molecule has 0 aliphatic carbocycles. The Labute approximate surface area is 96.3 Å². The van der Waals surface area contributed by atoms with Gasteiger partial charge in [-0.15, -0.1) is 0 Å². The van der Waals surface area contributed by atoms with E-state index in [0.29, 0.717) is 13.2 Å². The molecule has 0 saturated carbocycles. The number of benzene rings is 1. The Morgan fingerprint density at radius 3 is 2.12 bits per heavy atom. The van der Waals surface area contributed by atoms with Gasteiger partial charge in [0.15, 0.2) is 0 Å². The number of nitrogens with two attached hydrogens (primary N) is 1. The predicted molar refractivity (Wildman–Crippen MR) is 63.0 cm³/mol. The van der Waals surface area contributed by atoms with Gasteiger partial charge in [0.2, 0.25) is 0 Å². The normalized spacial score (nSPS) is 12.2. The molecule has 0 heterocycles. The molecule has 0 amide bonds. The van der Waals surface area contributed by atoms with Gasteiger partial charge in [0.1, 0.15) is 11.5 Å². The van der Waals surface area contributed by atoms with E-state index in [0.717, 1.165) is 17.1 Å². The van der Waals surface area contributed by atoms with Crippen LogP contribution in [0.15, 0.2) is 18.2 Å². The fourth-order valence-electron chi connectivity index (χ4n) is 1.38. The van der Waals surface area contributed by atoms with Gasteiger partial charge in [0.25, 0.3) is 0 Å². The van der Waals surface area contributed by atoms with Crippen LogP contribution in [0.1, 0.15) is 18.5 Å². The Kier molecular flexibility index (Phi) is 5.08. The van der Waals surface area contributed by atoms with E-state index < -0.39 is 0 Å². The first-order valence-corrected chi connectivity index (χ1v) is 5.27. The largest absolute Gasteiger partial charge is 0.497 e. The zero-order valence-corrected chi connectivity index (χ0v) is 10.0. The minimum atomic E-state index is -0.163. The maximum Gasteiger partial charge on any atom is 0.122 e. The molecule has 0 spiro atoms. The summed E-state index contributed by atoms with van der Waals surface area (Å²) in [6, 6.07) is 5.44. The Bertz CT molecular complexity index is 306. The summed E-state index contributed by atoms with van der Waals surface area (Å²) in [5.41, 5.74) is 6.94. The van der Waals surface area contributed by atoms with Crippen LogP contribution >= 0.6 is 0 Å². The van der Waals surface area contributed by atoms with Gasteiger partial charge in [0.05, 0.1) is 26.9 Å². The molecular weight excluding hydrogens is 206 g/mol. The Morgan fingerprint density at radius 1 is 1.12 bits per heavy atom. The number of rotatable bonds is 6. The lowest BCUT2D eigenvalue weighted by atomic mass is 10.1. The molecule has 0 fully saturated rings. The van der Waals surface area contributed by atoms with Crippen LogP contribution < -0.4 is 15.2 Å². The highest BCUT2D eigenvalue weighted by Crippen LogP contribution is 2.25. The number of ether oxygens (including phenoxy) is 3. The van der Waals surface area contributed by atoms with E-state index in [-0.39, 0.29) is 6.04 Å². The van der Waals surface area contributed by atoms with E-state index in [1.54, 1.807) is 14.2 Å². The van der Waals surface area contributed by atoms with Gasteiger partial charge >= 0.3 is 0 Å². The van der Waals surface area contributed by atoms with Crippen molar-refractivity contribution in [2.24, 2.45) is 5.73 Å². The molecule has 90 valence electrons. The topological polar surface area (TPSA) is 53.7 Å². The highest BCUT2D eigenvalue weighted by molar-refractivity contribution is 5.39. The van der Waals surface area contributed by atoms with Crippen molar-refractivity contribution in [3.8, 4) is 11.5 Å². The van der Waals surface area contributed by atoms with E-state index in [1.165, 1.54) is 0 Å². The first-order chi connectivity index (χ1) is 7.71. The van der Waals surface area contributed by atoms with E-state index >= 15 is 0 Å². The molecule has 0 aromatic heterocycles. The van der Waals surface area contributed by atoms with Crippen LogP contribution in [-0.4, -0.2) is 27.4 Å². The zero-order valence-electron chi connectivity index (χ0n) is 10.0. The van der Waals surface area contributed by atoms with Crippen molar-refractivity contribution in [2.45, 2.75) is 13.0 Å². The molecule has 1 atom stereocenters. The Morgan fingerprint density at radius 2 is 1.69 bits per heavy atom. The molecule has 4 nitrogen and oxygen atoms in total. The molecule has 0 radical (unpaired) electrons. The smallest absolute Gasteiger partial charge is 0.122 e. The molecule has 0 saturated heterocycles. The monoisotopic (exact) mass is 225 g/mol. The van der Waals surface area contributed by atoms with Crippen molar-refractivity contribution < 1.29 is 14.2 Å². The molecule has 0 aliphatic rings. The van der Waals surface area contributed by atoms with Crippen LogP contribution in [0.3, 0.4) is 0 Å². The highest BCUT2D eigenvalue weighted by atomic mass is 16.5. The minimum absolute atomic E-state index is 0.163. The molecule has 0 aliphatic heterocycles. The lowest BCUT2D eigenvalue weighted by Crippen LogP contribution is -2.17. The van der Waals surface area contributed by atoms with Gasteiger partial charge < -0.3 is 19.9 Å². The molecule has 2 N–H and O–H groups in total. The third kappa shape index (κ3) is 3.40. The molecule has 1 rings (SSSR count). The second-order valence-electron chi connectivity index (χ2n) is 3.41. The van der Waals surface area contributed by atoms with Crippen LogP contribution in [0, 0.1) is 0 Å². The van der Waals surface area contributed by atoms with Crippen molar-refractivity contribution in [2.75, 3.05) is 27.4 Å². The van der Waals surface area contributed by atoms with Crippen LogP contribution in [0.5, 0.6) is 11.5 Å². The van der Waals surface area contributed by atoms with Gasteiger partial charge in [0, 0.05) is 12.7 Å². The molecule has 1 unspecified atom stereocenters. The van der Waals surface area contributed by atoms with Crippen LogP contribution in [-0.2, 0) is 4.74 Å². The van der Waals surface area contributed by atoms with Gasteiger partial charge in [-0.3, -0.25) is 0 Å². The zero-order chi connectivity index (χ0) is 12.0. The molecule has 1 aromatic rings. The van der Waals surface area contributed by atoms with E-state index in [2.05, 4.69) is 0 Å². The summed E-state index contributed by atoms with van der Waals surface area (Å²) in [6.07, 6.45) is 0. The first kappa shape index (κ1) is 12.8. The number of methoxy groups -OCH3 is 2. The van der Waals surface area contributed by atoms with Crippen molar-refractivity contribution >= 4 is 0 Å². The third-order valence-corrected chi connectivity index (χ3v) is 2.30. The van der Waals surface area contributed by atoms with Crippen LogP contribution in [0.25, 0.3) is 0 Å².